The highest BCUT2D eigenvalue weighted by Crippen LogP contribution is 2.38. The molecule has 2 heteroatoms. The standard InChI is InChI=1S/C15H24N2/c1-12-6-7-13(17-11-12)10-14(16)15(2)8-4-3-5-9-15/h6-7,11,14H,3-5,8-10,16H2,1-2H3. The van der Waals surface area contributed by atoms with Gasteiger partial charge < -0.3 is 5.73 Å². The van der Waals surface area contributed by atoms with Crippen molar-refractivity contribution >= 4 is 0 Å². The van der Waals surface area contributed by atoms with Gasteiger partial charge >= 0.3 is 0 Å². The van der Waals surface area contributed by atoms with E-state index in [9.17, 15) is 0 Å². The van der Waals surface area contributed by atoms with Gasteiger partial charge in [-0.05, 0) is 36.8 Å². The minimum Gasteiger partial charge on any atom is -0.327 e. The molecule has 0 aromatic carbocycles. The number of hydrogen-bond donors (Lipinski definition) is 1. The van der Waals surface area contributed by atoms with Gasteiger partial charge in [-0.25, -0.2) is 0 Å². The van der Waals surface area contributed by atoms with Gasteiger partial charge in [0.05, 0.1) is 0 Å². The van der Waals surface area contributed by atoms with Crippen molar-refractivity contribution < 1.29 is 0 Å². The second-order valence-corrected chi connectivity index (χ2v) is 5.85. The third kappa shape index (κ3) is 3.06. The molecule has 94 valence electrons. The fourth-order valence-corrected chi connectivity index (χ4v) is 2.82. The van der Waals surface area contributed by atoms with E-state index in [2.05, 4.69) is 31.0 Å². The zero-order chi connectivity index (χ0) is 12.3. The van der Waals surface area contributed by atoms with Crippen LogP contribution in [0.3, 0.4) is 0 Å². The van der Waals surface area contributed by atoms with Gasteiger partial charge in [-0.1, -0.05) is 32.3 Å². The minimum atomic E-state index is 0.248. The van der Waals surface area contributed by atoms with Crippen LogP contribution in [0.2, 0.25) is 0 Å². The Bertz CT molecular complexity index is 350. The van der Waals surface area contributed by atoms with Crippen LogP contribution in [-0.4, -0.2) is 11.0 Å². The molecule has 2 rings (SSSR count). The quantitative estimate of drug-likeness (QED) is 0.869. The summed E-state index contributed by atoms with van der Waals surface area (Å²) < 4.78 is 0. The van der Waals surface area contributed by atoms with E-state index in [0.717, 1.165) is 12.1 Å². The topological polar surface area (TPSA) is 38.9 Å². The van der Waals surface area contributed by atoms with Crippen molar-refractivity contribution in [3.05, 3.63) is 29.6 Å². The number of rotatable bonds is 3. The van der Waals surface area contributed by atoms with E-state index in [4.69, 9.17) is 5.73 Å². The molecule has 1 aliphatic rings. The van der Waals surface area contributed by atoms with Crippen LogP contribution in [0.5, 0.6) is 0 Å². The van der Waals surface area contributed by atoms with E-state index in [1.165, 1.54) is 37.7 Å². The third-order valence-electron chi connectivity index (χ3n) is 4.29. The second kappa shape index (κ2) is 5.18. The predicted octanol–water partition coefficient (Wildman–Crippen LogP) is 3.23. The predicted molar refractivity (Wildman–Crippen MR) is 71.8 cm³/mol. The van der Waals surface area contributed by atoms with E-state index >= 15 is 0 Å². The van der Waals surface area contributed by atoms with Crippen LogP contribution in [0.1, 0.15) is 50.3 Å². The highest BCUT2D eigenvalue weighted by Gasteiger charge is 2.33. The summed E-state index contributed by atoms with van der Waals surface area (Å²) in [7, 11) is 0. The lowest BCUT2D eigenvalue weighted by Crippen LogP contribution is -2.42. The largest absolute Gasteiger partial charge is 0.327 e. The van der Waals surface area contributed by atoms with E-state index in [-0.39, 0.29) is 6.04 Å². The smallest absolute Gasteiger partial charge is 0.0419 e. The van der Waals surface area contributed by atoms with Gasteiger partial charge in [0.25, 0.3) is 0 Å². The molecular formula is C15H24N2. The molecule has 1 aromatic rings. The fourth-order valence-electron chi connectivity index (χ4n) is 2.82. The number of nitrogens with zero attached hydrogens (tertiary/aromatic N) is 1. The van der Waals surface area contributed by atoms with E-state index < -0.39 is 0 Å². The first-order valence-electron chi connectivity index (χ1n) is 6.77. The van der Waals surface area contributed by atoms with Crippen LogP contribution in [0, 0.1) is 12.3 Å². The maximum Gasteiger partial charge on any atom is 0.0419 e. The van der Waals surface area contributed by atoms with Crippen molar-refractivity contribution in [1.29, 1.82) is 0 Å². The molecule has 1 heterocycles. The molecule has 2 nitrogen and oxygen atoms in total. The Morgan fingerprint density at radius 2 is 2.00 bits per heavy atom. The Labute approximate surface area is 105 Å². The molecule has 17 heavy (non-hydrogen) atoms. The summed E-state index contributed by atoms with van der Waals surface area (Å²) in [6, 6.07) is 4.48. The third-order valence-corrected chi connectivity index (χ3v) is 4.29. The van der Waals surface area contributed by atoms with Crippen molar-refractivity contribution in [2.24, 2.45) is 11.1 Å². The lowest BCUT2D eigenvalue weighted by atomic mass is 9.69. The van der Waals surface area contributed by atoms with Crippen molar-refractivity contribution in [3.63, 3.8) is 0 Å². The summed E-state index contributed by atoms with van der Waals surface area (Å²) in [5, 5.41) is 0. The molecular weight excluding hydrogens is 208 g/mol. The molecule has 1 aliphatic carbocycles. The van der Waals surface area contributed by atoms with Gasteiger partial charge in [0.15, 0.2) is 0 Å². The SMILES string of the molecule is Cc1ccc(CC(N)C2(C)CCCCC2)nc1. The number of aromatic nitrogens is 1. The van der Waals surface area contributed by atoms with Gasteiger partial charge in [-0.2, -0.15) is 0 Å². The Balaban J connectivity index is 2.00. The molecule has 1 aromatic heterocycles. The molecule has 1 saturated carbocycles. The van der Waals surface area contributed by atoms with E-state index in [1.54, 1.807) is 0 Å². The average molecular weight is 232 g/mol. The number of hydrogen-bond acceptors (Lipinski definition) is 2. The molecule has 0 saturated heterocycles. The van der Waals surface area contributed by atoms with Crippen LogP contribution in [0.25, 0.3) is 0 Å². The first-order chi connectivity index (χ1) is 8.10. The summed E-state index contributed by atoms with van der Waals surface area (Å²) >= 11 is 0. The molecule has 1 atom stereocenters. The van der Waals surface area contributed by atoms with Gasteiger partial charge in [0.1, 0.15) is 0 Å². The Morgan fingerprint density at radius 3 is 2.59 bits per heavy atom. The van der Waals surface area contributed by atoms with Crippen LogP contribution in [0.15, 0.2) is 18.3 Å². The average Bonchev–Trinajstić information content (AvgIpc) is 2.33. The first-order valence-corrected chi connectivity index (χ1v) is 6.77. The monoisotopic (exact) mass is 232 g/mol. The zero-order valence-corrected chi connectivity index (χ0v) is 11.1. The number of nitrogens with two attached hydrogens (primary N) is 1. The molecule has 1 fully saturated rings. The van der Waals surface area contributed by atoms with Crippen molar-refractivity contribution in [1.82, 2.24) is 4.98 Å². The Hall–Kier alpha value is -0.890. The highest BCUT2D eigenvalue weighted by molar-refractivity contribution is 5.13. The molecule has 1 unspecified atom stereocenters. The Morgan fingerprint density at radius 1 is 1.29 bits per heavy atom. The lowest BCUT2D eigenvalue weighted by Gasteiger charge is -2.38. The molecule has 2 N–H and O–H groups in total. The number of pyridine rings is 1. The van der Waals surface area contributed by atoms with Gasteiger partial charge in [0.2, 0.25) is 0 Å². The molecule has 0 amide bonds. The molecule has 0 bridgehead atoms. The maximum atomic E-state index is 6.41. The van der Waals surface area contributed by atoms with Crippen LogP contribution in [-0.2, 0) is 6.42 Å². The summed E-state index contributed by atoms with van der Waals surface area (Å²) in [4.78, 5) is 4.46. The van der Waals surface area contributed by atoms with Crippen LogP contribution >= 0.6 is 0 Å². The number of aryl methyl sites for hydroxylation is 1. The van der Waals surface area contributed by atoms with Crippen molar-refractivity contribution in [2.45, 2.75) is 58.4 Å². The van der Waals surface area contributed by atoms with Gasteiger partial charge in [0, 0.05) is 24.4 Å². The van der Waals surface area contributed by atoms with Gasteiger partial charge in [-0.15, -0.1) is 0 Å². The molecule has 0 radical (unpaired) electrons. The molecule has 0 spiro atoms. The summed E-state index contributed by atoms with van der Waals surface area (Å²) in [6.45, 7) is 4.42. The zero-order valence-electron chi connectivity index (χ0n) is 11.1. The van der Waals surface area contributed by atoms with Crippen LogP contribution in [0.4, 0.5) is 0 Å². The normalized spacial score (nSPS) is 21.1. The summed E-state index contributed by atoms with van der Waals surface area (Å²) in [5.41, 5.74) is 9.09. The molecule has 0 aliphatic heterocycles. The minimum absolute atomic E-state index is 0.248. The highest BCUT2D eigenvalue weighted by atomic mass is 14.7. The Kier molecular flexibility index (Phi) is 3.82. The summed E-state index contributed by atoms with van der Waals surface area (Å²) in [6.07, 6.45) is 9.46. The van der Waals surface area contributed by atoms with Crippen molar-refractivity contribution in [3.8, 4) is 0 Å². The van der Waals surface area contributed by atoms with Crippen LogP contribution < -0.4 is 5.73 Å². The van der Waals surface area contributed by atoms with E-state index in [0.29, 0.717) is 5.41 Å². The van der Waals surface area contributed by atoms with Gasteiger partial charge in [-0.3, -0.25) is 4.98 Å². The lowest BCUT2D eigenvalue weighted by molar-refractivity contribution is 0.168. The second-order valence-electron chi connectivity index (χ2n) is 5.85. The fraction of sp³-hybridized carbons (Fsp3) is 0.667. The maximum absolute atomic E-state index is 6.41. The van der Waals surface area contributed by atoms with E-state index in [1.807, 2.05) is 6.20 Å². The van der Waals surface area contributed by atoms with Crippen molar-refractivity contribution in [2.75, 3.05) is 0 Å². The summed E-state index contributed by atoms with van der Waals surface area (Å²) in [5.74, 6) is 0. The first kappa shape index (κ1) is 12.6.